The zero-order chi connectivity index (χ0) is 14.4. The molecule has 3 unspecified atom stereocenters. The van der Waals surface area contributed by atoms with E-state index in [4.69, 9.17) is 4.74 Å². The Hall–Kier alpha value is -1.06. The summed E-state index contributed by atoms with van der Waals surface area (Å²) < 4.78 is 10.1. The molecule has 1 aliphatic carbocycles. The monoisotopic (exact) mass is 270 g/mol. The van der Waals surface area contributed by atoms with Crippen molar-refractivity contribution in [3.05, 3.63) is 0 Å². The number of carbonyl (C=O) groups is 2. The highest BCUT2D eigenvalue weighted by atomic mass is 16.5. The van der Waals surface area contributed by atoms with E-state index in [2.05, 4.69) is 25.5 Å². The molecule has 0 aromatic carbocycles. The Morgan fingerprint density at radius 2 is 1.79 bits per heavy atom. The number of rotatable bonds is 5. The van der Waals surface area contributed by atoms with E-state index in [1.54, 1.807) is 0 Å². The van der Waals surface area contributed by atoms with Crippen LogP contribution in [0.5, 0.6) is 0 Å². The van der Waals surface area contributed by atoms with Gasteiger partial charge in [0.25, 0.3) is 0 Å². The lowest BCUT2D eigenvalue weighted by Gasteiger charge is -2.36. The minimum absolute atomic E-state index is 0.00824. The van der Waals surface area contributed by atoms with Crippen LogP contribution in [0.3, 0.4) is 0 Å². The van der Waals surface area contributed by atoms with Crippen molar-refractivity contribution in [2.45, 2.75) is 59.0 Å². The van der Waals surface area contributed by atoms with Crippen molar-refractivity contribution in [1.82, 2.24) is 0 Å². The van der Waals surface area contributed by atoms with Crippen LogP contribution in [0, 0.1) is 17.8 Å². The van der Waals surface area contributed by atoms with Crippen LogP contribution in [-0.4, -0.2) is 25.2 Å². The second-order valence-corrected chi connectivity index (χ2v) is 5.93. The molecule has 4 nitrogen and oxygen atoms in total. The first-order valence-corrected chi connectivity index (χ1v) is 7.20. The molecule has 0 radical (unpaired) electrons. The lowest BCUT2D eigenvalue weighted by atomic mass is 9.75. The molecular weight excluding hydrogens is 244 g/mol. The van der Waals surface area contributed by atoms with Gasteiger partial charge in [-0.05, 0) is 30.6 Å². The minimum atomic E-state index is -0.366. The summed E-state index contributed by atoms with van der Waals surface area (Å²) in [7, 11) is 1.32. The summed E-state index contributed by atoms with van der Waals surface area (Å²) in [6.45, 7) is 6.55. The van der Waals surface area contributed by atoms with Crippen molar-refractivity contribution < 1.29 is 19.1 Å². The van der Waals surface area contributed by atoms with Crippen LogP contribution in [0.25, 0.3) is 0 Å². The predicted molar refractivity (Wildman–Crippen MR) is 72.5 cm³/mol. The first-order chi connectivity index (χ1) is 8.93. The third kappa shape index (κ3) is 5.21. The second-order valence-electron chi connectivity index (χ2n) is 5.93. The Kier molecular flexibility index (Phi) is 6.32. The van der Waals surface area contributed by atoms with Crippen LogP contribution in [-0.2, 0) is 19.1 Å². The standard InChI is InChI=1S/C15H26O4/c1-10(2)12-6-5-11(3)9-13(12)19-15(17)8-7-14(16)18-4/h10-13H,5-9H2,1-4H3. The third-order valence-corrected chi connectivity index (χ3v) is 4.01. The molecule has 0 spiro atoms. The number of ether oxygens (including phenoxy) is 2. The van der Waals surface area contributed by atoms with Crippen molar-refractivity contribution >= 4 is 11.9 Å². The molecule has 0 N–H and O–H groups in total. The Balaban J connectivity index is 2.47. The molecule has 1 rings (SSSR count). The SMILES string of the molecule is COC(=O)CCC(=O)OC1CC(C)CCC1C(C)C. The van der Waals surface area contributed by atoms with Crippen molar-refractivity contribution in [2.75, 3.05) is 7.11 Å². The van der Waals surface area contributed by atoms with E-state index < -0.39 is 0 Å². The average molecular weight is 270 g/mol. The Morgan fingerprint density at radius 1 is 1.16 bits per heavy atom. The first kappa shape index (κ1) is 16.0. The predicted octanol–water partition coefficient (Wildman–Crippen LogP) is 2.94. The summed E-state index contributed by atoms with van der Waals surface area (Å²) in [5.41, 5.74) is 0. The van der Waals surface area contributed by atoms with E-state index in [0.717, 1.165) is 12.8 Å². The van der Waals surface area contributed by atoms with Gasteiger partial charge in [-0.2, -0.15) is 0 Å². The van der Waals surface area contributed by atoms with E-state index in [1.807, 2.05) is 0 Å². The van der Waals surface area contributed by atoms with Gasteiger partial charge in [0.05, 0.1) is 20.0 Å². The summed E-state index contributed by atoms with van der Waals surface area (Å²) >= 11 is 0. The van der Waals surface area contributed by atoms with Gasteiger partial charge in [0.1, 0.15) is 6.10 Å². The maximum Gasteiger partial charge on any atom is 0.306 e. The van der Waals surface area contributed by atoms with E-state index >= 15 is 0 Å². The van der Waals surface area contributed by atoms with Gasteiger partial charge >= 0.3 is 11.9 Å². The van der Waals surface area contributed by atoms with Crippen molar-refractivity contribution in [1.29, 1.82) is 0 Å². The molecule has 0 bridgehead atoms. The van der Waals surface area contributed by atoms with Crippen molar-refractivity contribution in [3.8, 4) is 0 Å². The van der Waals surface area contributed by atoms with Gasteiger partial charge in [0.15, 0.2) is 0 Å². The van der Waals surface area contributed by atoms with Gasteiger partial charge in [-0.1, -0.05) is 27.2 Å². The molecule has 0 aliphatic heterocycles. The van der Waals surface area contributed by atoms with Crippen LogP contribution < -0.4 is 0 Å². The van der Waals surface area contributed by atoms with Crippen molar-refractivity contribution in [2.24, 2.45) is 17.8 Å². The number of methoxy groups -OCH3 is 1. The van der Waals surface area contributed by atoms with Gasteiger partial charge in [-0.15, -0.1) is 0 Å². The zero-order valence-electron chi connectivity index (χ0n) is 12.5. The quantitative estimate of drug-likeness (QED) is 0.721. The summed E-state index contributed by atoms with van der Waals surface area (Å²) in [4.78, 5) is 22.8. The maximum atomic E-state index is 11.8. The molecule has 110 valence electrons. The largest absolute Gasteiger partial charge is 0.469 e. The summed E-state index contributed by atoms with van der Waals surface area (Å²) in [6.07, 6.45) is 3.49. The highest BCUT2D eigenvalue weighted by Crippen LogP contribution is 2.35. The minimum Gasteiger partial charge on any atom is -0.469 e. The van der Waals surface area contributed by atoms with Crippen LogP contribution in [0.4, 0.5) is 0 Å². The zero-order valence-corrected chi connectivity index (χ0v) is 12.5. The highest BCUT2D eigenvalue weighted by molar-refractivity contribution is 5.77. The summed E-state index contributed by atoms with van der Waals surface area (Å²) in [5, 5.41) is 0. The molecule has 0 aromatic heterocycles. The van der Waals surface area contributed by atoms with Gasteiger partial charge < -0.3 is 9.47 Å². The molecule has 3 atom stereocenters. The first-order valence-electron chi connectivity index (χ1n) is 7.20. The van der Waals surface area contributed by atoms with Gasteiger partial charge in [-0.25, -0.2) is 0 Å². The van der Waals surface area contributed by atoms with E-state index in [-0.39, 0.29) is 30.9 Å². The summed E-state index contributed by atoms with van der Waals surface area (Å²) in [6, 6.07) is 0. The van der Waals surface area contributed by atoms with E-state index in [1.165, 1.54) is 13.5 Å². The number of hydrogen-bond donors (Lipinski definition) is 0. The average Bonchev–Trinajstić information content (AvgIpc) is 2.35. The molecule has 0 aromatic rings. The number of hydrogen-bond acceptors (Lipinski definition) is 4. The van der Waals surface area contributed by atoms with E-state index in [9.17, 15) is 9.59 Å². The van der Waals surface area contributed by atoms with Crippen LogP contribution >= 0.6 is 0 Å². The molecular formula is C15H26O4. The fraction of sp³-hybridized carbons (Fsp3) is 0.867. The normalized spacial score (nSPS) is 27.1. The van der Waals surface area contributed by atoms with Gasteiger partial charge in [0, 0.05) is 0 Å². The lowest BCUT2D eigenvalue weighted by molar-refractivity contribution is -0.158. The smallest absolute Gasteiger partial charge is 0.306 e. The fourth-order valence-electron chi connectivity index (χ4n) is 2.78. The van der Waals surface area contributed by atoms with Gasteiger partial charge in [-0.3, -0.25) is 9.59 Å². The van der Waals surface area contributed by atoms with Crippen molar-refractivity contribution in [3.63, 3.8) is 0 Å². The maximum absolute atomic E-state index is 11.8. The summed E-state index contributed by atoms with van der Waals surface area (Å²) in [5.74, 6) is 0.919. The number of carbonyl (C=O) groups excluding carboxylic acids is 2. The van der Waals surface area contributed by atoms with Crippen LogP contribution in [0.15, 0.2) is 0 Å². The molecule has 1 fully saturated rings. The topological polar surface area (TPSA) is 52.6 Å². The Morgan fingerprint density at radius 3 is 2.37 bits per heavy atom. The van der Waals surface area contributed by atoms with Crippen LogP contribution in [0.1, 0.15) is 52.9 Å². The molecule has 0 amide bonds. The molecule has 19 heavy (non-hydrogen) atoms. The van der Waals surface area contributed by atoms with Crippen LogP contribution in [0.2, 0.25) is 0 Å². The fourth-order valence-corrected chi connectivity index (χ4v) is 2.78. The molecule has 0 heterocycles. The molecule has 1 saturated carbocycles. The third-order valence-electron chi connectivity index (χ3n) is 4.01. The Labute approximate surface area is 115 Å². The lowest BCUT2D eigenvalue weighted by Crippen LogP contribution is -2.35. The second kappa shape index (κ2) is 7.51. The van der Waals surface area contributed by atoms with E-state index in [0.29, 0.717) is 17.8 Å². The molecule has 0 saturated heterocycles. The Bertz CT molecular complexity index is 311. The highest BCUT2D eigenvalue weighted by Gasteiger charge is 2.33. The number of esters is 2. The molecule has 1 aliphatic rings. The van der Waals surface area contributed by atoms with Gasteiger partial charge in [0.2, 0.25) is 0 Å². The molecule has 4 heteroatoms.